The number of unbranched alkanes of at least 4 members (excludes halogenated alkanes) is 1. The molecule has 1 heterocycles. The molecule has 0 radical (unpaired) electrons. The molecule has 0 bridgehead atoms. The van der Waals surface area contributed by atoms with Crippen molar-refractivity contribution in [2.24, 2.45) is 0 Å². The molecule has 1 fully saturated rings. The van der Waals surface area contributed by atoms with Crippen molar-refractivity contribution in [1.29, 1.82) is 0 Å². The number of benzene rings is 2. The Bertz CT molecular complexity index is 985. The second kappa shape index (κ2) is 12.0. The van der Waals surface area contributed by atoms with Crippen LogP contribution in [0.15, 0.2) is 55.6 Å². The summed E-state index contributed by atoms with van der Waals surface area (Å²) in [4.78, 5) is 27.0. The average molecular weight is 448 g/mol. The van der Waals surface area contributed by atoms with Gasteiger partial charge in [-0.2, -0.15) is 0 Å². The predicted molar refractivity (Wildman–Crippen MR) is 133 cm³/mol. The van der Waals surface area contributed by atoms with Crippen molar-refractivity contribution in [3.8, 4) is 5.75 Å². The summed E-state index contributed by atoms with van der Waals surface area (Å²) in [5.74, 6) is 0.132. The topological polar surface area (TPSA) is 81.7 Å². The molecule has 1 aliphatic rings. The van der Waals surface area contributed by atoms with Crippen molar-refractivity contribution in [1.82, 2.24) is 15.5 Å². The minimum absolute atomic E-state index is 0.136. The molecular weight excluding hydrogens is 414 g/mol. The third kappa shape index (κ3) is 6.80. The highest BCUT2D eigenvalue weighted by Gasteiger charge is 2.27. The van der Waals surface area contributed by atoms with Crippen molar-refractivity contribution in [2.45, 2.75) is 31.7 Å². The fourth-order valence-corrected chi connectivity index (χ4v) is 4.04. The number of nitrogens with zero attached hydrogens (tertiary/aromatic N) is 1. The fourth-order valence-electron chi connectivity index (χ4n) is 4.04. The first-order valence-electron chi connectivity index (χ1n) is 11.5. The first kappa shape index (κ1) is 24.3. The van der Waals surface area contributed by atoms with E-state index < -0.39 is 0 Å². The molecule has 0 saturated carbocycles. The minimum Gasteiger partial charge on any atom is -0.508 e. The minimum atomic E-state index is -0.168. The van der Waals surface area contributed by atoms with Crippen LogP contribution in [0.5, 0.6) is 5.75 Å². The Labute approximate surface area is 196 Å². The van der Waals surface area contributed by atoms with Gasteiger partial charge in [0.05, 0.1) is 6.04 Å². The van der Waals surface area contributed by atoms with Crippen LogP contribution in [0.25, 0.3) is 12.2 Å². The molecule has 1 aliphatic heterocycles. The Morgan fingerprint density at radius 2 is 1.88 bits per heavy atom. The molecule has 1 unspecified atom stereocenters. The maximum atomic E-state index is 12.9. The molecule has 1 atom stereocenters. The lowest BCUT2D eigenvalue weighted by Crippen LogP contribution is -2.55. The summed E-state index contributed by atoms with van der Waals surface area (Å²) in [6.07, 6.45) is 6.86. The zero-order valence-electron chi connectivity index (χ0n) is 19.1. The van der Waals surface area contributed by atoms with Gasteiger partial charge in [0.2, 0.25) is 5.91 Å². The summed E-state index contributed by atoms with van der Waals surface area (Å²) in [5.41, 5.74) is 3.82. The molecule has 0 aromatic heterocycles. The predicted octanol–water partition coefficient (Wildman–Crippen LogP) is 3.62. The normalized spacial score (nSPS) is 15.8. The van der Waals surface area contributed by atoms with Gasteiger partial charge in [0, 0.05) is 31.7 Å². The number of aromatic hydroxyl groups is 1. The molecule has 2 amide bonds. The van der Waals surface area contributed by atoms with Crippen LogP contribution in [0.3, 0.4) is 0 Å². The van der Waals surface area contributed by atoms with Gasteiger partial charge in [0.1, 0.15) is 5.75 Å². The summed E-state index contributed by atoms with van der Waals surface area (Å²) in [7, 11) is 0. The Morgan fingerprint density at radius 1 is 1.12 bits per heavy atom. The quantitative estimate of drug-likeness (QED) is 0.460. The summed E-state index contributed by atoms with van der Waals surface area (Å²) in [6, 6.07) is 12.2. The summed E-state index contributed by atoms with van der Waals surface area (Å²) >= 11 is 0. The number of carbonyl (C=O) groups is 2. The Hall–Kier alpha value is -3.38. The zero-order valence-corrected chi connectivity index (χ0v) is 19.1. The number of hydrogen-bond donors (Lipinski definition) is 3. The van der Waals surface area contributed by atoms with Crippen LogP contribution < -0.4 is 10.6 Å². The molecule has 2 aromatic rings. The number of piperazine rings is 1. The van der Waals surface area contributed by atoms with Crippen LogP contribution in [0, 0.1) is 0 Å². The van der Waals surface area contributed by atoms with Crippen LogP contribution in [0.2, 0.25) is 0 Å². The third-order valence-electron chi connectivity index (χ3n) is 5.98. The highest BCUT2D eigenvalue weighted by atomic mass is 16.3. The fraction of sp³-hybridized carbons (Fsp3) is 0.333. The maximum Gasteiger partial charge on any atom is 0.251 e. The van der Waals surface area contributed by atoms with E-state index in [-0.39, 0.29) is 23.6 Å². The molecule has 1 saturated heterocycles. The van der Waals surface area contributed by atoms with Crippen LogP contribution in [0.4, 0.5) is 0 Å². The molecule has 33 heavy (non-hydrogen) atoms. The van der Waals surface area contributed by atoms with E-state index in [1.54, 1.807) is 12.1 Å². The monoisotopic (exact) mass is 447 g/mol. The molecule has 0 spiro atoms. The van der Waals surface area contributed by atoms with Crippen LogP contribution in [-0.4, -0.2) is 54.0 Å². The van der Waals surface area contributed by atoms with Gasteiger partial charge in [-0.15, -0.1) is 0 Å². The van der Waals surface area contributed by atoms with Gasteiger partial charge < -0.3 is 20.6 Å². The zero-order chi connectivity index (χ0) is 23.6. The number of nitrogens with one attached hydrogen (secondary N) is 2. The summed E-state index contributed by atoms with van der Waals surface area (Å²) in [6.45, 7) is 10.5. The molecule has 2 aromatic carbocycles. The van der Waals surface area contributed by atoms with E-state index in [2.05, 4.69) is 35.9 Å². The van der Waals surface area contributed by atoms with Crippen molar-refractivity contribution >= 4 is 24.0 Å². The third-order valence-corrected chi connectivity index (χ3v) is 5.98. The molecule has 3 rings (SSSR count). The Morgan fingerprint density at radius 3 is 2.61 bits per heavy atom. The van der Waals surface area contributed by atoms with Crippen molar-refractivity contribution in [3.05, 3.63) is 77.9 Å². The number of carbonyl (C=O) groups excluding carboxylic acids is 2. The van der Waals surface area contributed by atoms with Gasteiger partial charge in [-0.25, -0.2) is 0 Å². The average Bonchev–Trinajstić information content (AvgIpc) is 2.84. The van der Waals surface area contributed by atoms with E-state index >= 15 is 0 Å². The highest BCUT2D eigenvalue weighted by molar-refractivity contribution is 5.94. The van der Waals surface area contributed by atoms with Crippen LogP contribution >= 0.6 is 0 Å². The largest absolute Gasteiger partial charge is 0.508 e. The number of phenolic OH excluding ortho intramolecular Hbond substituents is 1. The Balaban J connectivity index is 1.40. The van der Waals surface area contributed by atoms with Crippen molar-refractivity contribution in [2.75, 3.05) is 26.2 Å². The van der Waals surface area contributed by atoms with Crippen LogP contribution in [0.1, 0.15) is 46.3 Å². The molecule has 6 nitrogen and oxygen atoms in total. The maximum absolute atomic E-state index is 12.9. The second-order valence-corrected chi connectivity index (χ2v) is 8.25. The van der Waals surface area contributed by atoms with E-state index in [1.807, 2.05) is 23.1 Å². The van der Waals surface area contributed by atoms with E-state index in [9.17, 15) is 14.7 Å². The number of phenols is 1. The van der Waals surface area contributed by atoms with Crippen molar-refractivity contribution in [3.63, 3.8) is 0 Å². The first-order chi connectivity index (χ1) is 16.0. The number of rotatable bonds is 11. The van der Waals surface area contributed by atoms with Gasteiger partial charge in [0.15, 0.2) is 0 Å². The highest BCUT2D eigenvalue weighted by Crippen LogP contribution is 2.16. The lowest BCUT2D eigenvalue weighted by Gasteiger charge is -2.33. The van der Waals surface area contributed by atoms with Gasteiger partial charge in [-0.3, -0.25) is 9.59 Å². The first-order valence-corrected chi connectivity index (χ1v) is 11.5. The SMILES string of the molecule is C=Cc1ccc(CCN2CCNC(CCCCNC(=O)c3ccc(O)cc3)C2=O)cc1C=C. The van der Waals surface area contributed by atoms with E-state index in [0.29, 0.717) is 18.7 Å². The number of amides is 2. The summed E-state index contributed by atoms with van der Waals surface area (Å²) < 4.78 is 0. The Kier molecular flexibility index (Phi) is 8.84. The lowest BCUT2D eigenvalue weighted by atomic mass is 10.0. The van der Waals surface area contributed by atoms with Gasteiger partial charge >= 0.3 is 0 Å². The molecule has 3 N–H and O–H groups in total. The second-order valence-electron chi connectivity index (χ2n) is 8.25. The molecule has 6 heteroatoms. The smallest absolute Gasteiger partial charge is 0.251 e. The van der Waals surface area contributed by atoms with Crippen LogP contribution in [-0.2, 0) is 11.2 Å². The van der Waals surface area contributed by atoms with E-state index in [0.717, 1.165) is 49.9 Å². The van der Waals surface area contributed by atoms with Crippen molar-refractivity contribution < 1.29 is 14.7 Å². The number of hydrogen-bond acceptors (Lipinski definition) is 4. The van der Waals surface area contributed by atoms with Gasteiger partial charge in [-0.1, -0.05) is 43.5 Å². The summed E-state index contributed by atoms with van der Waals surface area (Å²) in [5, 5.41) is 15.5. The van der Waals surface area contributed by atoms with E-state index in [1.165, 1.54) is 17.7 Å². The van der Waals surface area contributed by atoms with Gasteiger partial charge in [-0.05, 0) is 66.6 Å². The molecule has 174 valence electrons. The molecule has 0 aliphatic carbocycles. The standard InChI is InChI=1S/C27H33N3O3/c1-3-21-9-8-20(19-22(21)4-2)14-17-30-18-16-28-25(27(30)33)7-5-6-15-29-26(32)23-10-12-24(31)13-11-23/h3-4,8-13,19,25,28,31H,1-2,5-7,14-18H2,(H,29,32). The molecular formula is C27H33N3O3. The van der Waals surface area contributed by atoms with E-state index in [4.69, 9.17) is 0 Å². The lowest BCUT2D eigenvalue weighted by molar-refractivity contribution is -0.135. The van der Waals surface area contributed by atoms with Gasteiger partial charge in [0.25, 0.3) is 5.91 Å².